The summed E-state index contributed by atoms with van der Waals surface area (Å²) in [5.74, 6) is 0.494. The number of hydrogen-bond donors (Lipinski definition) is 4. The second kappa shape index (κ2) is 4.09. The molecule has 0 radical (unpaired) electrons. The van der Waals surface area contributed by atoms with E-state index in [0.717, 1.165) is 11.0 Å². The van der Waals surface area contributed by atoms with E-state index >= 15 is 0 Å². The molecule has 5 N–H and O–H groups in total. The maximum Gasteiger partial charge on any atom is 0.258 e. The Morgan fingerprint density at radius 3 is 2.89 bits per heavy atom. The molecule has 0 saturated heterocycles. The molecule has 0 aliphatic heterocycles. The van der Waals surface area contributed by atoms with Gasteiger partial charge < -0.3 is 15.7 Å². The monoisotopic (exact) mass is 253 g/mol. The molecule has 6 heteroatoms. The van der Waals surface area contributed by atoms with Crippen LogP contribution in [-0.4, -0.2) is 20.8 Å². The molecule has 2 heterocycles. The highest BCUT2D eigenvalue weighted by Gasteiger charge is 2.09. The molecule has 0 aliphatic rings. The fourth-order valence-electron chi connectivity index (χ4n) is 1.91. The number of H-pyrrole nitrogens is 2. The number of rotatable bonds is 2. The van der Waals surface area contributed by atoms with Gasteiger partial charge in [-0.15, -0.1) is 0 Å². The molecular weight excluding hydrogens is 242 g/mol. The third-order valence-electron chi connectivity index (χ3n) is 2.87. The number of nitrogen functional groups attached to an aromatic ring is 1. The van der Waals surface area contributed by atoms with Gasteiger partial charge >= 0.3 is 0 Å². The second-order valence-corrected chi connectivity index (χ2v) is 4.14. The number of imidazole rings is 1. The van der Waals surface area contributed by atoms with Crippen LogP contribution in [-0.2, 0) is 0 Å². The molecule has 0 amide bonds. The molecule has 0 unspecified atom stereocenters. The Morgan fingerprint density at radius 2 is 2.16 bits per heavy atom. The molecule has 0 bridgehead atoms. The summed E-state index contributed by atoms with van der Waals surface area (Å²) in [5.41, 5.74) is 7.80. The van der Waals surface area contributed by atoms with Crippen molar-refractivity contribution >= 4 is 16.9 Å². The molecule has 2 aromatic heterocycles. The zero-order valence-corrected chi connectivity index (χ0v) is 9.90. The maximum atomic E-state index is 11.7. The Bertz CT molecular complexity index is 830. The number of aromatic amines is 2. The lowest BCUT2D eigenvalue weighted by Crippen LogP contribution is -2.10. The first kappa shape index (κ1) is 11.2. The predicted octanol–water partition coefficient (Wildman–Crippen LogP) is 1.20. The Balaban J connectivity index is 2.20. The smallest absolute Gasteiger partial charge is 0.258 e. The summed E-state index contributed by atoms with van der Waals surface area (Å²) in [5, 5.41) is 7.40. The van der Waals surface area contributed by atoms with Crippen LogP contribution in [0.1, 0.15) is 5.56 Å². The van der Waals surface area contributed by atoms with Gasteiger partial charge in [-0.2, -0.15) is 0 Å². The van der Waals surface area contributed by atoms with Gasteiger partial charge in [0.05, 0.1) is 16.6 Å². The van der Waals surface area contributed by atoms with Crippen LogP contribution in [0.15, 0.2) is 41.3 Å². The van der Waals surface area contributed by atoms with Crippen LogP contribution in [0.25, 0.3) is 22.4 Å². The van der Waals surface area contributed by atoms with Gasteiger partial charge in [0, 0.05) is 11.8 Å². The lowest BCUT2D eigenvalue weighted by atomic mass is 10.2. The largest absolute Gasteiger partial charge is 0.384 e. The van der Waals surface area contributed by atoms with E-state index in [1.807, 2.05) is 0 Å². The average molecular weight is 253 g/mol. The first-order valence-electron chi connectivity index (χ1n) is 5.67. The molecule has 0 atom stereocenters. The number of amidine groups is 1. The Kier molecular flexibility index (Phi) is 2.42. The van der Waals surface area contributed by atoms with Crippen molar-refractivity contribution in [2.75, 3.05) is 0 Å². The number of fused-ring (bicyclic) bond motifs is 1. The molecule has 6 nitrogen and oxygen atoms in total. The van der Waals surface area contributed by atoms with Crippen LogP contribution in [0, 0.1) is 5.41 Å². The van der Waals surface area contributed by atoms with Crippen molar-refractivity contribution in [2.24, 2.45) is 5.73 Å². The van der Waals surface area contributed by atoms with Crippen LogP contribution in [0.3, 0.4) is 0 Å². The van der Waals surface area contributed by atoms with Crippen molar-refractivity contribution in [3.05, 3.63) is 52.4 Å². The zero-order chi connectivity index (χ0) is 13.4. The number of benzene rings is 1. The van der Waals surface area contributed by atoms with Crippen LogP contribution in [0.5, 0.6) is 0 Å². The van der Waals surface area contributed by atoms with Gasteiger partial charge in [0.1, 0.15) is 11.7 Å². The number of hydrogen-bond acceptors (Lipinski definition) is 3. The highest BCUT2D eigenvalue weighted by molar-refractivity contribution is 5.98. The van der Waals surface area contributed by atoms with Gasteiger partial charge in [-0.25, -0.2) is 4.98 Å². The van der Waals surface area contributed by atoms with Crippen molar-refractivity contribution < 1.29 is 0 Å². The number of nitrogens with one attached hydrogen (secondary N) is 3. The van der Waals surface area contributed by atoms with Gasteiger partial charge in [0.15, 0.2) is 0 Å². The first-order valence-corrected chi connectivity index (χ1v) is 5.67. The predicted molar refractivity (Wildman–Crippen MR) is 73.2 cm³/mol. The molecular formula is C13H11N5O. The van der Waals surface area contributed by atoms with Gasteiger partial charge in [0.2, 0.25) is 0 Å². The third-order valence-corrected chi connectivity index (χ3v) is 2.87. The maximum absolute atomic E-state index is 11.7. The number of aromatic nitrogens is 3. The Morgan fingerprint density at radius 1 is 1.32 bits per heavy atom. The van der Waals surface area contributed by atoms with E-state index in [4.69, 9.17) is 11.1 Å². The standard InChI is InChI=1S/C13H11N5O/c14-11(15)7-3-4-9-10(6-7)18-12(17-9)8-2-1-5-16-13(8)19/h1-6H,(H3,14,15)(H,16,19)(H,17,18). The summed E-state index contributed by atoms with van der Waals surface area (Å²) in [7, 11) is 0. The molecule has 0 aliphatic carbocycles. The summed E-state index contributed by atoms with van der Waals surface area (Å²) in [6, 6.07) is 8.67. The number of nitrogens with two attached hydrogens (primary N) is 1. The van der Waals surface area contributed by atoms with E-state index in [2.05, 4.69) is 15.0 Å². The lowest BCUT2D eigenvalue weighted by molar-refractivity contribution is 1.21. The molecule has 19 heavy (non-hydrogen) atoms. The molecule has 0 fully saturated rings. The Hall–Kier alpha value is -2.89. The van der Waals surface area contributed by atoms with Crippen molar-refractivity contribution in [3.8, 4) is 11.4 Å². The van der Waals surface area contributed by atoms with Crippen LogP contribution >= 0.6 is 0 Å². The molecule has 3 rings (SSSR count). The summed E-state index contributed by atoms with van der Waals surface area (Å²) in [4.78, 5) is 21.7. The van der Waals surface area contributed by atoms with Crippen molar-refractivity contribution in [2.45, 2.75) is 0 Å². The summed E-state index contributed by atoms with van der Waals surface area (Å²) in [6.07, 6.45) is 1.57. The Labute approximate surface area is 107 Å². The van der Waals surface area contributed by atoms with E-state index in [9.17, 15) is 4.79 Å². The van der Waals surface area contributed by atoms with E-state index in [-0.39, 0.29) is 11.4 Å². The van der Waals surface area contributed by atoms with Crippen LogP contribution < -0.4 is 11.3 Å². The highest BCUT2D eigenvalue weighted by atomic mass is 16.1. The number of pyridine rings is 1. The van der Waals surface area contributed by atoms with E-state index in [1.165, 1.54) is 0 Å². The fraction of sp³-hybridized carbons (Fsp3) is 0. The summed E-state index contributed by atoms with van der Waals surface area (Å²) >= 11 is 0. The normalized spacial score (nSPS) is 10.7. The molecule has 0 spiro atoms. The van der Waals surface area contributed by atoms with E-state index < -0.39 is 0 Å². The van der Waals surface area contributed by atoms with Crippen LogP contribution in [0.4, 0.5) is 0 Å². The lowest BCUT2D eigenvalue weighted by Gasteiger charge is -1.96. The molecule has 0 saturated carbocycles. The minimum absolute atomic E-state index is 0.00407. The quantitative estimate of drug-likeness (QED) is 0.406. The molecule has 3 aromatic rings. The zero-order valence-electron chi connectivity index (χ0n) is 9.90. The first-order chi connectivity index (χ1) is 9.15. The van der Waals surface area contributed by atoms with E-state index in [1.54, 1.807) is 36.5 Å². The average Bonchev–Trinajstić information content (AvgIpc) is 2.81. The highest BCUT2D eigenvalue weighted by Crippen LogP contribution is 2.18. The van der Waals surface area contributed by atoms with Gasteiger partial charge in [-0.3, -0.25) is 10.2 Å². The topological polar surface area (TPSA) is 111 Å². The minimum atomic E-state index is -0.201. The van der Waals surface area contributed by atoms with Crippen LogP contribution in [0.2, 0.25) is 0 Å². The third kappa shape index (κ3) is 1.89. The van der Waals surface area contributed by atoms with Crippen molar-refractivity contribution in [1.29, 1.82) is 5.41 Å². The van der Waals surface area contributed by atoms with Gasteiger partial charge in [-0.1, -0.05) is 0 Å². The fourth-order valence-corrected chi connectivity index (χ4v) is 1.91. The molecule has 94 valence electrons. The van der Waals surface area contributed by atoms with Crippen molar-refractivity contribution in [3.63, 3.8) is 0 Å². The summed E-state index contributed by atoms with van der Waals surface area (Å²) in [6.45, 7) is 0. The second-order valence-electron chi connectivity index (χ2n) is 4.14. The molecule has 1 aromatic carbocycles. The van der Waals surface area contributed by atoms with Gasteiger partial charge in [-0.05, 0) is 30.3 Å². The van der Waals surface area contributed by atoms with Crippen molar-refractivity contribution in [1.82, 2.24) is 15.0 Å². The van der Waals surface area contributed by atoms with E-state index in [0.29, 0.717) is 17.0 Å². The van der Waals surface area contributed by atoms with Gasteiger partial charge in [0.25, 0.3) is 5.56 Å². The summed E-state index contributed by atoms with van der Waals surface area (Å²) < 4.78 is 0. The minimum Gasteiger partial charge on any atom is -0.384 e. The SMILES string of the molecule is N=C(N)c1ccc2nc(-c3ccc[nH]c3=O)[nH]c2c1. The number of nitrogens with zero attached hydrogens (tertiary/aromatic N) is 1.